The van der Waals surface area contributed by atoms with Crippen molar-refractivity contribution >= 4 is 0 Å². The summed E-state index contributed by atoms with van der Waals surface area (Å²) < 4.78 is 0. The van der Waals surface area contributed by atoms with Gasteiger partial charge in [-0.1, -0.05) is 43.7 Å². The molecule has 2 heteroatoms. The van der Waals surface area contributed by atoms with E-state index in [9.17, 15) is 5.11 Å². The third-order valence-corrected chi connectivity index (χ3v) is 3.14. The molecule has 0 aliphatic heterocycles. The summed E-state index contributed by atoms with van der Waals surface area (Å²) in [5.74, 6) is 0.262. The summed E-state index contributed by atoms with van der Waals surface area (Å²) >= 11 is 0. The number of nitrogens with one attached hydrogen (secondary N) is 1. The minimum Gasteiger partial charge on any atom is -0.389 e. The number of aryl methyl sites for hydroxylation is 1. The van der Waals surface area contributed by atoms with Crippen molar-refractivity contribution in [2.75, 3.05) is 6.54 Å². The Morgan fingerprint density at radius 3 is 2.62 bits per heavy atom. The van der Waals surface area contributed by atoms with Crippen LogP contribution >= 0.6 is 0 Å². The van der Waals surface area contributed by atoms with Crippen molar-refractivity contribution in [3.05, 3.63) is 35.4 Å². The van der Waals surface area contributed by atoms with Gasteiger partial charge in [0, 0.05) is 13.1 Å². The summed E-state index contributed by atoms with van der Waals surface area (Å²) in [4.78, 5) is 0. The van der Waals surface area contributed by atoms with Gasteiger partial charge in [0.25, 0.3) is 0 Å². The minimum atomic E-state index is -0.635. The average Bonchev–Trinajstić information content (AvgIpc) is 2.17. The first-order chi connectivity index (χ1) is 7.42. The summed E-state index contributed by atoms with van der Waals surface area (Å²) in [7, 11) is 0. The summed E-state index contributed by atoms with van der Waals surface area (Å²) in [6, 6.07) is 8.42. The second-order valence-electron chi connectivity index (χ2n) is 5.10. The molecule has 0 fully saturated rings. The van der Waals surface area contributed by atoms with Gasteiger partial charge in [-0.15, -0.1) is 0 Å². The van der Waals surface area contributed by atoms with Crippen LogP contribution in [-0.2, 0) is 6.54 Å². The lowest BCUT2D eigenvalue weighted by atomic mass is 9.92. The van der Waals surface area contributed by atoms with Crippen molar-refractivity contribution < 1.29 is 5.11 Å². The number of rotatable bonds is 5. The Morgan fingerprint density at radius 1 is 1.38 bits per heavy atom. The Balaban J connectivity index is 2.42. The molecule has 90 valence electrons. The first kappa shape index (κ1) is 13.2. The van der Waals surface area contributed by atoms with Gasteiger partial charge in [-0.05, 0) is 25.3 Å². The molecular weight excluding hydrogens is 198 g/mol. The smallest absolute Gasteiger partial charge is 0.0766 e. The van der Waals surface area contributed by atoms with E-state index in [1.165, 1.54) is 11.1 Å². The lowest BCUT2D eigenvalue weighted by Crippen LogP contribution is -2.41. The zero-order valence-corrected chi connectivity index (χ0v) is 10.7. The van der Waals surface area contributed by atoms with Crippen molar-refractivity contribution in [2.24, 2.45) is 5.92 Å². The quantitative estimate of drug-likeness (QED) is 0.800. The van der Waals surface area contributed by atoms with Crippen LogP contribution in [0.4, 0.5) is 0 Å². The fourth-order valence-corrected chi connectivity index (χ4v) is 1.49. The van der Waals surface area contributed by atoms with E-state index < -0.39 is 5.60 Å². The molecule has 2 nitrogen and oxygen atoms in total. The van der Waals surface area contributed by atoms with Gasteiger partial charge < -0.3 is 10.4 Å². The van der Waals surface area contributed by atoms with Gasteiger partial charge in [-0.3, -0.25) is 0 Å². The van der Waals surface area contributed by atoms with Crippen LogP contribution in [-0.4, -0.2) is 17.3 Å². The molecule has 0 saturated heterocycles. The number of aliphatic hydroxyl groups is 1. The maximum atomic E-state index is 10.1. The SMILES string of the molecule is Cc1cccc(CNCC(C)(O)C(C)C)c1. The van der Waals surface area contributed by atoms with Crippen molar-refractivity contribution in [3.8, 4) is 0 Å². The Labute approximate surface area is 98.7 Å². The summed E-state index contributed by atoms with van der Waals surface area (Å²) in [5, 5.41) is 13.4. The summed E-state index contributed by atoms with van der Waals surface area (Å²) in [6.07, 6.45) is 0. The molecule has 1 aromatic rings. The molecule has 16 heavy (non-hydrogen) atoms. The van der Waals surface area contributed by atoms with E-state index >= 15 is 0 Å². The Kier molecular flexibility index (Phi) is 4.51. The highest BCUT2D eigenvalue weighted by Crippen LogP contribution is 2.14. The topological polar surface area (TPSA) is 32.3 Å². The normalized spacial score (nSPS) is 15.1. The monoisotopic (exact) mass is 221 g/mol. The van der Waals surface area contributed by atoms with Gasteiger partial charge in [-0.2, -0.15) is 0 Å². The van der Waals surface area contributed by atoms with Crippen molar-refractivity contribution in [2.45, 2.75) is 39.8 Å². The van der Waals surface area contributed by atoms with E-state index in [0.717, 1.165) is 6.54 Å². The lowest BCUT2D eigenvalue weighted by Gasteiger charge is -2.28. The van der Waals surface area contributed by atoms with Crippen LogP contribution in [0, 0.1) is 12.8 Å². The van der Waals surface area contributed by atoms with Crippen molar-refractivity contribution in [1.82, 2.24) is 5.32 Å². The van der Waals surface area contributed by atoms with Gasteiger partial charge in [0.1, 0.15) is 0 Å². The molecular formula is C14H23NO. The molecule has 0 heterocycles. The van der Waals surface area contributed by atoms with Gasteiger partial charge in [0.05, 0.1) is 5.60 Å². The molecule has 0 aliphatic rings. The Hall–Kier alpha value is -0.860. The van der Waals surface area contributed by atoms with E-state index in [1.807, 2.05) is 20.8 Å². The average molecular weight is 221 g/mol. The number of hydrogen-bond acceptors (Lipinski definition) is 2. The molecule has 1 aromatic carbocycles. The fraction of sp³-hybridized carbons (Fsp3) is 0.571. The largest absolute Gasteiger partial charge is 0.389 e. The maximum absolute atomic E-state index is 10.1. The number of hydrogen-bond donors (Lipinski definition) is 2. The van der Waals surface area contributed by atoms with Crippen LogP contribution < -0.4 is 5.32 Å². The minimum absolute atomic E-state index is 0.262. The van der Waals surface area contributed by atoms with E-state index in [1.54, 1.807) is 0 Å². The van der Waals surface area contributed by atoms with Gasteiger partial charge >= 0.3 is 0 Å². The molecule has 1 unspecified atom stereocenters. The Morgan fingerprint density at radius 2 is 2.06 bits per heavy atom. The van der Waals surface area contributed by atoms with E-state index in [-0.39, 0.29) is 5.92 Å². The van der Waals surface area contributed by atoms with Crippen LogP contribution in [0.5, 0.6) is 0 Å². The maximum Gasteiger partial charge on any atom is 0.0766 e. The van der Waals surface area contributed by atoms with Crippen LogP contribution in [0.1, 0.15) is 31.9 Å². The van der Waals surface area contributed by atoms with Gasteiger partial charge in [0.2, 0.25) is 0 Å². The van der Waals surface area contributed by atoms with Gasteiger partial charge in [0.15, 0.2) is 0 Å². The van der Waals surface area contributed by atoms with Crippen LogP contribution in [0.15, 0.2) is 24.3 Å². The first-order valence-corrected chi connectivity index (χ1v) is 5.90. The molecule has 2 N–H and O–H groups in total. The second-order valence-corrected chi connectivity index (χ2v) is 5.10. The molecule has 0 bridgehead atoms. The Bertz CT molecular complexity index is 331. The zero-order chi connectivity index (χ0) is 12.2. The standard InChI is InChI=1S/C14H23NO/c1-11(2)14(4,16)10-15-9-13-7-5-6-12(3)8-13/h5-8,11,15-16H,9-10H2,1-4H3. The number of benzene rings is 1. The van der Waals surface area contributed by atoms with Gasteiger partial charge in [-0.25, -0.2) is 0 Å². The molecule has 0 amide bonds. The third kappa shape index (κ3) is 3.95. The van der Waals surface area contributed by atoms with E-state index in [0.29, 0.717) is 6.54 Å². The third-order valence-electron chi connectivity index (χ3n) is 3.14. The summed E-state index contributed by atoms with van der Waals surface area (Å²) in [6.45, 7) is 9.47. The van der Waals surface area contributed by atoms with Crippen LogP contribution in [0.25, 0.3) is 0 Å². The van der Waals surface area contributed by atoms with E-state index in [4.69, 9.17) is 0 Å². The highest BCUT2D eigenvalue weighted by Gasteiger charge is 2.23. The van der Waals surface area contributed by atoms with Crippen LogP contribution in [0.2, 0.25) is 0 Å². The lowest BCUT2D eigenvalue weighted by molar-refractivity contribution is 0.0140. The van der Waals surface area contributed by atoms with E-state index in [2.05, 4.69) is 36.5 Å². The molecule has 0 saturated carbocycles. The predicted octanol–water partition coefficient (Wildman–Crippen LogP) is 2.49. The molecule has 0 radical (unpaired) electrons. The molecule has 0 aliphatic carbocycles. The predicted molar refractivity (Wildman–Crippen MR) is 68.3 cm³/mol. The summed E-state index contributed by atoms with van der Waals surface area (Å²) in [5.41, 5.74) is 1.90. The van der Waals surface area contributed by atoms with Crippen molar-refractivity contribution in [3.63, 3.8) is 0 Å². The first-order valence-electron chi connectivity index (χ1n) is 5.90. The highest BCUT2D eigenvalue weighted by atomic mass is 16.3. The molecule has 1 atom stereocenters. The fourth-order valence-electron chi connectivity index (χ4n) is 1.49. The van der Waals surface area contributed by atoms with Crippen molar-refractivity contribution in [1.29, 1.82) is 0 Å². The highest BCUT2D eigenvalue weighted by molar-refractivity contribution is 5.21. The van der Waals surface area contributed by atoms with Crippen LogP contribution in [0.3, 0.4) is 0 Å². The second kappa shape index (κ2) is 5.46. The molecule has 1 rings (SSSR count). The molecule has 0 aromatic heterocycles. The zero-order valence-electron chi connectivity index (χ0n) is 10.7. The molecule has 0 spiro atoms.